The molecule has 11 heteroatoms. The van der Waals surface area contributed by atoms with Gasteiger partial charge in [0.05, 0.1) is 57.5 Å². The molecule has 0 saturated carbocycles. The van der Waals surface area contributed by atoms with Gasteiger partial charge in [-0.1, -0.05) is 35.9 Å². The summed E-state index contributed by atoms with van der Waals surface area (Å²) in [5, 5.41) is 5.83. The number of ether oxygens (including phenoxy) is 2. The van der Waals surface area contributed by atoms with Gasteiger partial charge in [0.15, 0.2) is 17.2 Å². The normalized spacial score (nSPS) is 14.1. The number of hydrogen-bond acceptors (Lipinski definition) is 9. The van der Waals surface area contributed by atoms with E-state index in [1.165, 1.54) is 6.33 Å². The fourth-order valence-corrected chi connectivity index (χ4v) is 5.72. The van der Waals surface area contributed by atoms with Crippen LogP contribution in [0.15, 0.2) is 82.3 Å². The van der Waals surface area contributed by atoms with Crippen LogP contribution in [0.2, 0.25) is 5.02 Å². The first kappa shape index (κ1) is 24.4. The second kappa shape index (κ2) is 9.08. The molecule has 7 aromatic rings. The number of aromatic nitrogens is 6. The maximum Gasteiger partial charge on any atom is 0.344 e. The third kappa shape index (κ3) is 3.58. The van der Waals surface area contributed by atoms with Crippen molar-refractivity contribution in [1.29, 1.82) is 0 Å². The van der Waals surface area contributed by atoms with Crippen LogP contribution < -0.4 is 15.1 Å². The highest BCUT2D eigenvalue weighted by molar-refractivity contribution is 6.30. The third-order valence-electron chi connectivity index (χ3n) is 7.42. The Bertz CT molecular complexity index is 2300. The van der Waals surface area contributed by atoms with E-state index in [2.05, 4.69) is 10.1 Å². The predicted molar refractivity (Wildman–Crippen MR) is 156 cm³/mol. The van der Waals surface area contributed by atoms with Crippen LogP contribution in [-0.2, 0) is 0 Å². The van der Waals surface area contributed by atoms with Crippen LogP contribution in [0.25, 0.3) is 39.0 Å². The van der Waals surface area contributed by atoms with Gasteiger partial charge in [-0.15, -0.1) is 5.10 Å². The van der Waals surface area contributed by atoms with Crippen molar-refractivity contribution >= 4 is 39.3 Å². The fraction of sp³-hybridized carbons (Fsp3) is 0.0968. The summed E-state index contributed by atoms with van der Waals surface area (Å²) in [6, 6.07) is 20.0. The van der Waals surface area contributed by atoms with Gasteiger partial charge in [-0.05, 0) is 49.4 Å². The van der Waals surface area contributed by atoms with Crippen molar-refractivity contribution < 1.29 is 13.9 Å². The van der Waals surface area contributed by atoms with Crippen molar-refractivity contribution in [3.8, 4) is 28.8 Å². The monoisotopic (exact) mass is 574 g/mol. The van der Waals surface area contributed by atoms with Crippen molar-refractivity contribution in [3.63, 3.8) is 0 Å². The molecule has 0 bridgehead atoms. The zero-order valence-electron chi connectivity index (χ0n) is 22.2. The molecular weight excluding hydrogens is 556 g/mol. The number of fused-ring (bicyclic) bond motifs is 7. The van der Waals surface area contributed by atoms with Crippen molar-refractivity contribution in [1.82, 2.24) is 29.5 Å². The zero-order valence-corrected chi connectivity index (χ0v) is 23.0. The first-order valence-electron chi connectivity index (χ1n) is 13.1. The minimum absolute atomic E-state index is 0.280. The SMILES string of the molecule is COc1ccc(Cl)cc1-c1nc2c3c(ncn2n1)Oc1c(c(=O)oc2ccccc12)C3c1nc2ccccc2nc1C. The molecule has 0 amide bonds. The first-order chi connectivity index (χ1) is 20.5. The molecule has 0 saturated heterocycles. The Hall–Kier alpha value is -5.35. The summed E-state index contributed by atoms with van der Waals surface area (Å²) in [5.74, 6) is 0.791. The Morgan fingerprint density at radius 3 is 2.57 bits per heavy atom. The number of benzene rings is 3. The average Bonchev–Trinajstić information content (AvgIpc) is 3.44. The van der Waals surface area contributed by atoms with Gasteiger partial charge in [0, 0.05) is 5.02 Å². The zero-order chi connectivity index (χ0) is 28.5. The molecule has 0 radical (unpaired) electrons. The Labute approximate surface area is 242 Å². The Morgan fingerprint density at radius 1 is 0.952 bits per heavy atom. The molecule has 10 nitrogen and oxygen atoms in total. The summed E-state index contributed by atoms with van der Waals surface area (Å²) in [4.78, 5) is 33.1. The van der Waals surface area contributed by atoms with Gasteiger partial charge in [-0.25, -0.2) is 29.2 Å². The molecule has 0 aliphatic carbocycles. The minimum Gasteiger partial charge on any atom is -0.496 e. The van der Waals surface area contributed by atoms with Crippen LogP contribution in [0.4, 0.5) is 0 Å². The molecule has 1 unspecified atom stereocenters. The van der Waals surface area contributed by atoms with Gasteiger partial charge in [0.2, 0.25) is 5.88 Å². The van der Waals surface area contributed by atoms with Gasteiger partial charge < -0.3 is 13.9 Å². The summed E-state index contributed by atoms with van der Waals surface area (Å²) in [6.07, 6.45) is 1.52. The Kier molecular flexibility index (Phi) is 5.29. The van der Waals surface area contributed by atoms with Crippen molar-refractivity contribution in [2.45, 2.75) is 12.8 Å². The maximum atomic E-state index is 13.7. The summed E-state index contributed by atoms with van der Waals surface area (Å²) in [6.45, 7) is 1.87. The number of nitrogens with zero attached hydrogens (tertiary/aromatic N) is 6. The summed E-state index contributed by atoms with van der Waals surface area (Å²) < 4.78 is 19.3. The average molecular weight is 575 g/mol. The van der Waals surface area contributed by atoms with Crippen molar-refractivity contribution in [2.24, 2.45) is 0 Å². The molecular formula is C31H19ClN6O4. The lowest BCUT2D eigenvalue weighted by atomic mass is 9.86. The van der Waals surface area contributed by atoms with E-state index in [0.717, 1.165) is 5.52 Å². The molecule has 0 N–H and O–H groups in total. The second-order valence-corrected chi connectivity index (χ2v) is 10.3. The predicted octanol–water partition coefficient (Wildman–Crippen LogP) is 6.10. The van der Waals surface area contributed by atoms with E-state index in [0.29, 0.717) is 67.0 Å². The number of aryl methyl sites for hydroxylation is 1. The highest BCUT2D eigenvalue weighted by atomic mass is 35.5. The lowest BCUT2D eigenvalue weighted by Gasteiger charge is -2.27. The number of hydrogen-bond donors (Lipinski definition) is 0. The lowest BCUT2D eigenvalue weighted by molar-refractivity contribution is 0.416. The number of methoxy groups -OCH3 is 1. The van der Waals surface area contributed by atoms with E-state index in [9.17, 15) is 4.79 Å². The lowest BCUT2D eigenvalue weighted by Crippen LogP contribution is -2.24. The highest BCUT2D eigenvalue weighted by Crippen LogP contribution is 2.49. The molecule has 1 aliphatic rings. The Morgan fingerprint density at radius 2 is 1.74 bits per heavy atom. The smallest absolute Gasteiger partial charge is 0.344 e. The molecule has 8 rings (SSSR count). The maximum absolute atomic E-state index is 13.7. The first-order valence-corrected chi connectivity index (χ1v) is 13.4. The molecule has 0 spiro atoms. The third-order valence-corrected chi connectivity index (χ3v) is 7.65. The molecule has 0 fully saturated rings. The van der Waals surface area contributed by atoms with E-state index < -0.39 is 11.5 Å². The van der Waals surface area contributed by atoms with Gasteiger partial charge in [0.1, 0.15) is 17.7 Å². The summed E-state index contributed by atoms with van der Waals surface area (Å²) in [5.41, 5.74) is 4.31. The van der Waals surface area contributed by atoms with E-state index in [-0.39, 0.29) is 11.4 Å². The van der Waals surface area contributed by atoms with Gasteiger partial charge in [0.25, 0.3) is 0 Å². The van der Waals surface area contributed by atoms with E-state index in [1.54, 1.807) is 42.0 Å². The van der Waals surface area contributed by atoms with Crippen LogP contribution >= 0.6 is 11.6 Å². The molecule has 5 heterocycles. The van der Waals surface area contributed by atoms with Gasteiger partial charge >= 0.3 is 5.63 Å². The standard InChI is InChI=1S/C31H19ClN6O4/c1-15-26(35-20-9-5-4-8-19(20)34-15)23-24-27(17-7-3-6-10-22(17)41-31(24)39)42-30-25(23)29-36-28(37-38(29)14-33-30)18-13-16(32)11-12-21(18)40-2/h3-14,23H,1-2H3. The molecule has 4 aromatic heterocycles. The second-order valence-electron chi connectivity index (χ2n) is 9.86. The summed E-state index contributed by atoms with van der Waals surface area (Å²) in [7, 11) is 1.57. The molecule has 204 valence electrons. The minimum atomic E-state index is -0.767. The van der Waals surface area contributed by atoms with Crippen molar-refractivity contribution in [3.05, 3.63) is 111 Å². The van der Waals surface area contributed by atoms with Crippen LogP contribution in [0.1, 0.15) is 28.4 Å². The van der Waals surface area contributed by atoms with E-state index in [4.69, 9.17) is 40.4 Å². The van der Waals surface area contributed by atoms with Crippen LogP contribution in [-0.4, -0.2) is 36.7 Å². The Balaban J connectivity index is 1.46. The quantitative estimate of drug-likeness (QED) is 0.231. The van der Waals surface area contributed by atoms with Gasteiger partial charge in [-0.2, -0.15) is 0 Å². The topological polar surface area (TPSA) is 118 Å². The van der Waals surface area contributed by atoms with Crippen molar-refractivity contribution in [2.75, 3.05) is 7.11 Å². The molecule has 1 aliphatic heterocycles. The van der Waals surface area contributed by atoms with Gasteiger partial charge in [-0.3, -0.25) is 0 Å². The fourth-order valence-electron chi connectivity index (χ4n) is 5.55. The van der Waals surface area contributed by atoms with E-state index >= 15 is 0 Å². The molecule has 1 atom stereocenters. The van der Waals surface area contributed by atoms with Crippen LogP contribution in [0.3, 0.4) is 0 Å². The van der Waals surface area contributed by atoms with Crippen LogP contribution in [0.5, 0.6) is 17.4 Å². The number of rotatable bonds is 3. The molecule has 3 aromatic carbocycles. The molecule has 42 heavy (non-hydrogen) atoms. The van der Waals surface area contributed by atoms with E-state index in [1.807, 2.05) is 43.3 Å². The highest BCUT2D eigenvalue weighted by Gasteiger charge is 2.39. The largest absolute Gasteiger partial charge is 0.496 e. The number of para-hydroxylation sites is 3. The van der Waals surface area contributed by atoms with Crippen LogP contribution in [0, 0.1) is 6.92 Å². The number of halogens is 1. The summed E-state index contributed by atoms with van der Waals surface area (Å²) >= 11 is 6.32.